The lowest BCUT2D eigenvalue weighted by Gasteiger charge is -2.32. The lowest BCUT2D eigenvalue weighted by molar-refractivity contribution is -0.385. The number of ether oxygens (including phenoxy) is 2. The van der Waals surface area contributed by atoms with Gasteiger partial charge in [-0.2, -0.15) is 0 Å². The molecule has 3 aromatic rings. The molecule has 0 spiro atoms. The monoisotopic (exact) mass is 535 g/mol. The molecule has 1 unspecified atom stereocenters. The molecule has 2 heterocycles. The van der Waals surface area contributed by atoms with E-state index in [0.717, 1.165) is 18.4 Å². The number of rotatable bonds is 5. The number of amides is 2. The average molecular weight is 536 g/mol. The quantitative estimate of drug-likeness (QED) is 0.348. The lowest BCUT2D eigenvalue weighted by atomic mass is 9.89. The smallest absolute Gasteiger partial charge is 0.274 e. The summed E-state index contributed by atoms with van der Waals surface area (Å²) in [5.41, 5.74) is 2.20. The van der Waals surface area contributed by atoms with Crippen LogP contribution >= 0.6 is 11.6 Å². The van der Waals surface area contributed by atoms with Crippen molar-refractivity contribution >= 4 is 34.8 Å². The van der Waals surface area contributed by atoms with Crippen molar-refractivity contribution in [1.29, 1.82) is 0 Å². The van der Waals surface area contributed by atoms with Crippen LogP contribution in [0.5, 0.6) is 11.5 Å². The van der Waals surface area contributed by atoms with E-state index in [-0.39, 0.29) is 40.6 Å². The fourth-order valence-corrected chi connectivity index (χ4v) is 5.09. The number of carbonyl (C=O) groups is 2. The zero-order valence-corrected chi connectivity index (χ0v) is 21.4. The van der Waals surface area contributed by atoms with E-state index in [1.54, 1.807) is 24.0 Å². The van der Waals surface area contributed by atoms with E-state index in [0.29, 0.717) is 35.8 Å². The van der Waals surface area contributed by atoms with Crippen LogP contribution in [0.2, 0.25) is 5.02 Å². The van der Waals surface area contributed by atoms with Crippen LogP contribution in [-0.2, 0) is 4.79 Å². The average Bonchev–Trinajstić information content (AvgIpc) is 2.93. The molecule has 0 radical (unpaired) electrons. The van der Waals surface area contributed by atoms with E-state index in [1.165, 1.54) is 12.1 Å². The Morgan fingerprint density at radius 2 is 1.74 bits per heavy atom. The highest BCUT2D eigenvalue weighted by Gasteiger charge is 2.29. The van der Waals surface area contributed by atoms with Crippen molar-refractivity contribution < 1.29 is 24.0 Å². The third-order valence-corrected chi connectivity index (χ3v) is 7.22. The maximum absolute atomic E-state index is 13.1. The van der Waals surface area contributed by atoms with Gasteiger partial charge in [0.1, 0.15) is 6.61 Å². The Balaban J connectivity index is 1.17. The highest BCUT2D eigenvalue weighted by atomic mass is 35.5. The van der Waals surface area contributed by atoms with Crippen LogP contribution in [0.15, 0.2) is 60.7 Å². The van der Waals surface area contributed by atoms with Crippen LogP contribution < -0.4 is 14.8 Å². The van der Waals surface area contributed by atoms with Crippen molar-refractivity contribution in [3.05, 3.63) is 92.5 Å². The molecule has 9 nitrogen and oxygen atoms in total. The molecule has 0 aliphatic carbocycles. The molecule has 1 N–H and O–H groups in total. The van der Waals surface area contributed by atoms with E-state index < -0.39 is 11.0 Å². The van der Waals surface area contributed by atoms with Crippen molar-refractivity contribution in [3.63, 3.8) is 0 Å². The van der Waals surface area contributed by atoms with Gasteiger partial charge in [0.25, 0.3) is 17.5 Å². The minimum atomic E-state index is -0.740. The van der Waals surface area contributed by atoms with Crippen LogP contribution in [0.1, 0.15) is 40.2 Å². The predicted octanol–water partition coefficient (Wildman–Crippen LogP) is 5.35. The number of fused-ring (bicyclic) bond motifs is 1. The van der Waals surface area contributed by atoms with Gasteiger partial charge in [-0.25, -0.2) is 0 Å². The number of para-hydroxylation sites is 2. The third kappa shape index (κ3) is 5.28. The van der Waals surface area contributed by atoms with E-state index in [4.69, 9.17) is 21.1 Å². The molecule has 38 heavy (non-hydrogen) atoms. The summed E-state index contributed by atoms with van der Waals surface area (Å²) < 4.78 is 11.4. The fourth-order valence-electron chi connectivity index (χ4n) is 4.87. The van der Waals surface area contributed by atoms with Crippen LogP contribution in [0.3, 0.4) is 0 Å². The molecule has 196 valence electrons. The van der Waals surface area contributed by atoms with Crippen molar-refractivity contribution in [1.82, 2.24) is 4.90 Å². The van der Waals surface area contributed by atoms with Crippen molar-refractivity contribution in [2.24, 2.45) is 0 Å². The molecule has 10 heteroatoms. The second-order valence-corrected chi connectivity index (χ2v) is 9.83. The van der Waals surface area contributed by atoms with Gasteiger partial charge >= 0.3 is 0 Å². The van der Waals surface area contributed by atoms with E-state index in [9.17, 15) is 19.7 Å². The van der Waals surface area contributed by atoms with Gasteiger partial charge in [-0.15, -0.1) is 0 Å². The molecule has 5 rings (SSSR count). The number of nitrogens with one attached hydrogen (secondary N) is 1. The summed E-state index contributed by atoms with van der Waals surface area (Å²) >= 11 is 6.05. The highest BCUT2D eigenvalue weighted by Crippen LogP contribution is 2.33. The summed E-state index contributed by atoms with van der Waals surface area (Å²) in [6, 6.07) is 17.7. The maximum Gasteiger partial charge on any atom is 0.274 e. The van der Waals surface area contributed by atoms with Gasteiger partial charge in [0.15, 0.2) is 11.5 Å². The van der Waals surface area contributed by atoms with Crippen molar-refractivity contribution in [3.8, 4) is 11.5 Å². The summed E-state index contributed by atoms with van der Waals surface area (Å²) in [5, 5.41) is 14.4. The SMILES string of the molecule is Cc1c(C(=O)N2CCC(c3ccc(NC(=O)C4COc5ccccc5O4)cc3)CC2)cc(Cl)cc1[N+](=O)[O-]. The number of halogens is 1. The number of hydrogen-bond acceptors (Lipinski definition) is 6. The Labute approximate surface area is 224 Å². The van der Waals surface area contributed by atoms with Crippen LogP contribution in [0.4, 0.5) is 11.4 Å². The molecule has 1 fully saturated rings. The maximum atomic E-state index is 13.1. The summed E-state index contributed by atoms with van der Waals surface area (Å²) in [7, 11) is 0. The number of nitro groups is 1. The van der Waals surface area contributed by atoms with Gasteiger partial charge in [-0.05, 0) is 61.6 Å². The van der Waals surface area contributed by atoms with E-state index >= 15 is 0 Å². The fraction of sp³-hybridized carbons (Fsp3) is 0.286. The Kier molecular flexibility index (Phi) is 7.20. The second kappa shape index (κ2) is 10.7. The van der Waals surface area contributed by atoms with Gasteiger partial charge in [0.2, 0.25) is 6.10 Å². The number of anilines is 1. The molecule has 2 aliphatic rings. The zero-order chi connectivity index (χ0) is 26.8. The zero-order valence-electron chi connectivity index (χ0n) is 20.7. The number of benzene rings is 3. The third-order valence-electron chi connectivity index (χ3n) is 7.00. The Hall–Kier alpha value is -4.11. The minimum absolute atomic E-state index is 0.139. The molecule has 2 amide bonds. The molecule has 1 atom stereocenters. The van der Waals surface area contributed by atoms with Crippen LogP contribution in [-0.4, -0.2) is 47.4 Å². The summed E-state index contributed by atoms with van der Waals surface area (Å²) in [6.45, 7) is 2.77. The molecule has 2 aliphatic heterocycles. The summed E-state index contributed by atoms with van der Waals surface area (Å²) in [5.74, 6) is 0.891. The van der Waals surface area contributed by atoms with E-state index in [1.807, 2.05) is 36.4 Å². The van der Waals surface area contributed by atoms with Gasteiger partial charge in [0, 0.05) is 35.4 Å². The first-order chi connectivity index (χ1) is 18.3. The number of nitrogens with zero attached hydrogens (tertiary/aromatic N) is 2. The molecule has 3 aromatic carbocycles. The first-order valence-electron chi connectivity index (χ1n) is 12.3. The molecule has 0 aromatic heterocycles. The summed E-state index contributed by atoms with van der Waals surface area (Å²) in [4.78, 5) is 38.3. The van der Waals surface area contributed by atoms with Crippen molar-refractivity contribution in [2.45, 2.75) is 31.8 Å². The van der Waals surface area contributed by atoms with Crippen LogP contribution in [0.25, 0.3) is 0 Å². The van der Waals surface area contributed by atoms with Crippen molar-refractivity contribution in [2.75, 3.05) is 25.0 Å². The number of piperidine rings is 1. The molecule has 0 bridgehead atoms. The second-order valence-electron chi connectivity index (χ2n) is 9.40. The Bertz CT molecular complexity index is 1390. The number of nitro benzene ring substituents is 1. The number of carbonyl (C=O) groups excluding carboxylic acids is 2. The van der Waals surface area contributed by atoms with Crippen LogP contribution in [0, 0.1) is 17.0 Å². The Morgan fingerprint density at radius 1 is 1.05 bits per heavy atom. The van der Waals surface area contributed by atoms with E-state index in [2.05, 4.69) is 5.32 Å². The van der Waals surface area contributed by atoms with Gasteiger partial charge in [0.05, 0.1) is 10.5 Å². The predicted molar refractivity (Wildman–Crippen MR) is 142 cm³/mol. The topological polar surface area (TPSA) is 111 Å². The standard InChI is InChI=1S/C28H26ClN3O6/c1-17-22(14-20(29)15-23(17)32(35)36)28(34)31-12-10-19(11-13-31)18-6-8-21(9-7-18)30-27(33)26-16-37-24-4-2-3-5-25(24)38-26/h2-9,14-15,19,26H,10-13,16H2,1H3,(H,30,33). The first-order valence-corrected chi connectivity index (χ1v) is 12.7. The molecular weight excluding hydrogens is 510 g/mol. The molecule has 0 saturated carbocycles. The van der Waals surface area contributed by atoms with Gasteiger partial charge in [-0.1, -0.05) is 35.9 Å². The first kappa shape index (κ1) is 25.5. The Morgan fingerprint density at radius 3 is 2.42 bits per heavy atom. The molecule has 1 saturated heterocycles. The summed E-state index contributed by atoms with van der Waals surface area (Å²) in [6.07, 6.45) is 0.772. The molecular formula is C28H26ClN3O6. The van der Waals surface area contributed by atoms with Gasteiger partial charge in [-0.3, -0.25) is 19.7 Å². The minimum Gasteiger partial charge on any atom is -0.485 e. The normalized spacial score (nSPS) is 17.1. The highest BCUT2D eigenvalue weighted by molar-refractivity contribution is 6.31. The lowest BCUT2D eigenvalue weighted by Crippen LogP contribution is -2.40. The number of likely N-dealkylation sites (tertiary alicyclic amines) is 1. The van der Waals surface area contributed by atoms with Gasteiger partial charge < -0.3 is 19.7 Å². The number of hydrogen-bond donors (Lipinski definition) is 1. The largest absolute Gasteiger partial charge is 0.485 e.